The number of benzene rings is 1. The number of amides is 1. The van der Waals surface area contributed by atoms with E-state index in [9.17, 15) is 4.79 Å². The summed E-state index contributed by atoms with van der Waals surface area (Å²) in [5, 5.41) is 2.99. The summed E-state index contributed by atoms with van der Waals surface area (Å²) in [4.78, 5) is 13.4. The molecule has 19 heavy (non-hydrogen) atoms. The lowest BCUT2D eigenvalue weighted by molar-refractivity contribution is -0.900. The van der Waals surface area contributed by atoms with Gasteiger partial charge in [0.05, 0.1) is 13.1 Å². The number of nitrogens with one attached hydrogen (secondary N) is 2. The van der Waals surface area contributed by atoms with E-state index in [0.29, 0.717) is 6.54 Å². The molecule has 2 rings (SSSR count). The van der Waals surface area contributed by atoms with Gasteiger partial charge < -0.3 is 10.2 Å². The molecule has 104 valence electrons. The second-order valence-corrected chi connectivity index (χ2v) is 6.49. The number of likely N-dealkylation sites (tertiary alicyclic amines) is 1. The SMILES string of the molecule is Cc1cc(NC(=O)C[NH+]2CCC[C@H](C)C2)ccc1Br. The van der Waals surface area contributed by atoms with Crippen molar-refractivity contribution in [3.05, 3.63) is 28.2 Å². The molecule has 2 N–H and O–H groups in total. The van der Waals surface area contributed by atoms with E-state index in [1.807, 2.05) is 25.1 Å². The zero-order valence-electron chi connectivity index (χ0n) is 11.6. The minimum atomic E-state index is 0.117. The largest absolute Gasteiger partial charge is 0.327 e. The fourth-order valence-corrected chi connectivity index (χ4v) is 2.96. The second-order valence-electron chi connectivity index (χ2n) is 5.64. The number of carbonyl (C=O) groups is 1. The molecular weight excluding hydrogens is 304 g/mol. The number of carbonyl (C=O) groups excluding carboxylic acids is 1. The fourth-order valence-electron chi connectivity index (χ4n) is 2.71. The first kappa shape index (κ1) is 14.5. The number of aryl methyl sites for hydroxylation is 1. The molecule has 1 fully saturated rings. The maximum atomic E-state index is 12.0. The van der Waals surface area contributed by atoms with Crippen LogP contribution < -0.4 is 10.2 Å². The van der Waals surface area contributed by atoms with Crippen LogP contribution in [-0.2, 0) is 4.79 Å². The van der Waals surface area contributed by atoms with Crippen molar-refractivity contribution < 1.29 is 9.69 Å². The summed E-state index contributed by atoms with van der Waals surface area (Å²) in [6.07, 6.45) is 2.54. The lowest BCUT2D eigenvalue weighted by Crippen LogP contribution is -3.14. The summed E-state index contributed by atoms with van der Waals surface area (Å²) >= 11 is 3.46. The van der Waals surface area contributed by atoms with Gasteiger partial charge >= 0.3 is 0 Å². The van der Waals surface area contributed by atoms with Crippen molar-refractivity contribution in [2.24, 2.45) is 5.92 Å². The third-order valence-electron chi connectivity index (χ3n) is 3.72. The van der Waals surface area contributed by atoms with Crippen LogP contribution in [0, 0.1) is 12.8 Å². The number of halogens is 1. The molecule has 1 heterocycles. The minimum absolute atomic E-state index is 0.117. The molecule has 0 spiro atoms. The maximum Gasteiger partial charge on any atom is 0.279 e. The molecule has 1 saturated heterocycles. The first-order valence-corrected chi connectivity index (χ1v) is 7.73. The van der Waals surface area contributed by atoms with Crippen molar-refractivity contribution in [2.45, 2.75) is 26.7 Å². The summed E-state index contributed by atoms with van der Waals surface area (Å²) in [5.41, 5.74) is 2.02. The zero-order valence-corrected chi connectivity index (χ0v) is 13.2. The van der Waals surface area contributed by atoms with Gasteiger partial charge in [-0.15, -0.1) is 0 Å². The standard InChI is InChI=1S/C15H21BrN2O/c1-11-4-3-7-18(9-11)10-15(19)17-13-5-6-14(16)12(2)8-13/h5-6,8,11H,3-4,7,9-10H2,1-2H3,(H,17,19)/p+1/t11-/m0/s1. The van der Waals surface area contributed by atoms with E-state index < -0.39 is 0 Å². The molecule has 1 aliphatic heterocycles. The summed E-state index contributed by atoms with van der Waals surface area (Å²) in [6, 6.07) is 5.90. The van der Waals surface area contributed by atoms with Crippen LogP contribution in [0.15, 0.2) is 22.7 Å². The molecule has 2 atom stereocenters. The minimum Gasteiger partial charge on any atom is -0.327 e. The second kappa shape index (κ2) is 6.53. The van der Waals surface area contributed by atoms with Crippen molar-refractivity contribution >= 4 is 27.5 Å². The Morgan fingerprint density at radius 3 is 3.00 bits per heavy atom. The number of hydrogen-bond acceptors (Lipinski definition) is 1. The highest BCUT2D eigenvalue weighted by Crippen LogP contribution is 2.19. The van der Waals surface area contributed by atoms with E-state index >= 15 is 0 Å². The predicted octanol–water partition coefficient (Wildman–Crippen LogP) is 2.01. The maximum absolute atomic E-state index is 12.0. The van der Waals surface area contributed by atoms with E-state index in [1.165, 1.54) is 17.7 Å². The van der Waals surface area contributed by atoms with Gasteiger partial charge in [-0.05, 0) is 43.5 Å². The van der Waals surface area contributed by atoms with E-state index in [2.05, 4.69) is 28.2 Å². The van der Waals surface area contributed by atoms with E-state index in [0.717, 1.165) is 34.7 Å². The van der Waals surface area contributed by atoms with Gasteiger partial charge in [-0.25, -0.2) is 0 Å². The molecular formula is C15H22BrN2O+. The van der Waals surface area contributed by atoms with Crippen LogP contribution in [0.5, 0.6) is 0 Å². The Labute approximate surface area is 123 Å². The first-order valence-electron chi connectivity index (χ1n) is 6.94. The molecule has 1 aliphatic rings. The van der Waals surface area contributed by atoms with Crippen LogP contribution in [0.1, 0.15) is 25.3 Å². The first-order chi connectivity index (χ1) is 9.04. The number of hydrogen-bond donors (Lipinski definition) is 2. The van der Waals surface area contributed by atoms with Gasteiger partial charge in [0.25, 0.3) is 5.91 Å². The Bertz CT molecular complexity index is 461. The molecule has 1 aromatic rings. The van der Waals surface area contributed by atoms with Crippen LogP contribution in [0.25, 0.3) is 0 Å². The molecule has 1 amide bonds. The molecule has 0 bridgehead atoms. The Hall–Kier alpha value is -0.870. The number of rotatable bonds is 3. The van der Waals surface area contributed by atoms with Crippen molar-refractivity contribution in [1.29, 1.82) is 0 Å². The van der Waals surface area contributed by atoms with Crippen LogP contribution in [-0.4, -0.2) is 25.5 Å². The Morgan fingerprint density at radius 2 is 2.32 bits per heavy atom. The smallest absolute Gasteiger partial charge is 0.279 e. The lowest BCUT2D eigenvalue weighted by Gasteiger charge is -2.27. The lowest BCUT2D eigenvalue weighted by atomic mass is 10.0. The van der Waals surface area contributed by atoms with Gasteiger partial charge in [-0.2, -0.15) is 0 Å². The highest BCUT2D eigenvalue weighted by molar-refractivity contribution is 9.10. The molecule has 3 nitrogen and oxygen atoms in total. The molecule has 0 saturated carbocycles. The Kier molecular flexibility index (Phi) is 4.99. The molecule has 1 unspecified atom stereocenters. The van der Waals surface area contributed by atoms with Crippen LogP contribution in [0.4, 0.5) is 5.69 Å². The highest BCUT2D eigenvalue weighted by atomic mass is 79.9. The molecule has 0 aromatic heterocycles. The fraction of sp³-hybridized carbons (Fsp3) is 0.533. The van der Waals surface area contributed by atoms with Gasteiger partial charge in [-0.3, -0.25) is 4.79 Å². The highest BCUT2D eigenvalue weighted by Gasteiger charge is 2.21. The monoisotopic (exact) mass is 325 g/mol. The number of quaternary nitrogens is 1. The van der Waals surface area contributed by atoms with Gasteiger partial charge in [-0.1, -0.05) is 22.9 Å². The van der Waals surface area contributed by atoms with Crippen LogP contribution >= 0.6 is 15.9 Å². The van der Waals surface area contributed by atoms with Gasteiger partial charge in [0, 0.05) is 16.1 Å². The normalized spacial score (nSPS) is 23.1. The summed E-state index contributed by atoms with van der Waals surface area (Å²) in [5.74, 6) is 0.859. The zero-order chi connectivity index (χ0) is 13.8. The van der Waals surface area contributed by atoms with Gasteiger partial charge in [0.1, 0.15) is 0 Å². The van der Waals surface area contributed by atoms with Gasteiger partial charge in [0.2, 0.25) is 0 Å². The van der Waals surface area contributed by atoms with Crippen molar-refractivity contribution in [1.82, 2.24) is 0 Å². The average molecular weight is 326 g/mol. The Balaban J connectivity index is 1.88. The summed E-state index contributed by atoms with van der Waals surface area (Å²) < 4.78 is 1.07. The third-order valence-corrected chi connectivity index (χ3v) is 4.61. The molecule has 0 aliphatic carbocycles. The predicted molar refractivity (Wildman–Crippen MR) is 81.5 cm³/mol. The number of piperidine rings is 1. The van der Waals surface area contributed by atoms with Crippen molar-refractivity contribution in [3.8, 4) is 0 Å². The summed E-state index contributed by atoms with van der Waals surface area (Å²) in [6.45, 7) is 7.12. The Morgan fingerprint density at radius 1 is 1.53 bits per heavy atom. The topological polar surface area (TPSA) is 33.5 Å². The summed E-state index contributed by atoms with van der Waals surface area (Å²) in [7, 11) is 0. The molecule has 0 radical (unpaired) electrons. The van der Waals surface area contributed by atoms with E-state index in [1.54, 1.807) is 0 Å². The van der Waals surface area contributed by atoms with Gasteiger partial charge in [0.15, 0.2) is 6.54 Å². The number of anilines is 1. The molecule has 4 heteroatoms. The van der Waals surface area contributed by atoms with E-state index in [-0.39, 0.29) is 5.91 Å². The third kappa shape index (κ3) is 4.32. The molecule has 1 aromatic carbocycles. The quantitative estimate of drug-likeness (QED) is 0.875. The van der Waals surface area contributed by atoms with E-state index in [4.69, 9.17) is 0 Å². The van der Waals surface area contributed by atoms with Crippen LogP contribution in [0.2, 0.25) is 0 Å². The van der Waals surface area contributed by atoms with Crippen LogP contribution in [0.3, 0.4) is 0 Å². The average Bonchev–Trinajstić information content (AvgIpc) is 2.34. The van der Waals surface area contributed by atoms with Crippen molar-refractivity contribution in [2.75, 3.05) is 25.0 Å². The van der Waals surface area contributed by atoms with Crippen molar-refractivity contribution in [3.63, 3.8) is 0 Å².